The summed E-state index contributed by atoms with van der Waals surface area (Å²) >= 11 is 0. The molecule has 0 aromatic heterocycles. The summed E-state index contributed by atoms with van der Waals surface area (Å²) in [6, 6.07) is 0. The van der Waals surface area contributed by atoms with E-state index >= 15 is 0 Å². The van der Waals surface area contributed by atoms with Crippen LogP contribution in [0.15, 0.2) is 0 Å². The van der Waals surface area contributed by atoms with Crippen LogP contribution >= 0.6 is 0 Å². The molecule has 0 aliphatic heterocycles. The Morgan fingerprint density at radius 2 is 1.76 bits per heavy atom. The van der Waals surface area contributed by atoms with E-state index in [0.29, 0.717) is 0 Å². The smallest absolute Gasteiger partial charge is 0.0494 e. The molecule has 1 aliphatic rings. The van der Waals surface area contributed by atoms with Crippen LogP contribution in [0.1, 0.15) is 64.7 Å². The molecule has 1 aliphatic carbocycles. The standard InChI is InChI=1S/C15H31NO/c1-2-16-12-8-3-4-9-13-17-14-15-10-6-5-7-11-15/h15-16H,2-14H2,1H3. The minimum absolute atomic E-state index is 0.873. The maximum Gasteiger partial charge on any atom is 0.0494 e. The molecule has 0 bridgehead atoms. The van der Waals surface area contributed by atoms with E-state index in [1.54, 1.807) is 0 Å². The highest BCUT2D eigenvalue weighted by molar-refractivity contribution is 4.64. The van der Waals surface area contributed by atoms with Crippen molar-refractivity contribution in [3.63, 3.8) is 0 Å². The van der Waals surface area contributed by atoms with E-state index in [2.05, 4.69) is 12.2 Å². The second-order valence-electron chi connectivity index (χ2n) is 5.35. The lowest BCUT2D eigenvalue weighted by atomic mass is 9.90. The summed E-state index contributed by atoms with van der Waals surface area (Å²) in [7, 11) is 0. The summed E-state index contributed by atoms with van der Waals surface area (Å²) in [5.74, 6) is 0.873. The Kier molecular flexibility index (Phi) is 9.72. The second-order valence-corrected chi connectivity index (χ2v) is 5.35. The van der Waals surface area contributed by atoms with Crippen molar-refractivity contribution in [3.8, 4) is 0 Å². The van der Waals surface area contributed by atoms with Crippen LogP contribution < -0.4 is 5.32 Å². The second kappa shape index (κ2) is 11.0. The predicted octanol–water partition coefficient (Wildman–Crippen LogP) is 3.75. The molecule has 1 fully saturated rings. The van der Waals surface area contributed by atoms with E-state index in [4.69, 9.17) is 4.74 Å². The van der Waals surface area contributed by atoms with Crippen LogP contribution in [0.3, 0.4) is 0 Å². The van der Waals surface area contributed by atoms with Gasteiger partial charge >= 0.3 is 0 Å². The average molecular weight is 241 g/mol. The predicted molar refractivity (Wildman–Crippen MR) is 74.4 cm³/mol. The molecule has 0 saturated heterocycles. The van der Waals surface area contributed by atoms with Crippen LogP contribution in [0.2, 0.25) is 0 Å². The van der Waals surface area contributed by atoms with Crippen molar-refractivity contribution in [2.45, 2.75) is 64.7 Å². The summed E-state index contributed by atoms with van der Waals surface area (Å²) in [4.78, 5) is 0. The number of rotatable bonds is 10. The monoisotopic (exact) mass is 241 g/mol. The van der Waals surface area contributed by atoms with Crippen molar-refractivity contribution in [1.82, 2.24) is 5.32 Å². The molecule has 102 valence electrons. The molecule has 0 atom stereocenters. The zero-order valence-corrected chi connectivity index (χ0v) is 11.7. The minimum Gasteiger partial charge on any atom is -0.381 e. The maximum atomic E-state index is 5.79. The molecule has 1 saturated carbocycles. The van der Waals surface area contributed by atoms with Gasteiger partial charge in [0.05, 0.1) is 0 Å². The van der Waals surface area contributed by atoms with Gasteiger partial charge in [-0.15, -0.1) is 0 Å². The van der Waals surface area contributed by atoms with Gasteiger partial charge in [0.15, 0.2) is 0 Å². The average Bonchev–Trinajstić information content (AvgIpc) is 2.38. The number of unbranched alkanes of at least 4 members (excludes halogenated alkanes) is 3. The fourth-order valence-corrected chi connectivity index (χ4v) is 2.59. The van der Waals surface area contributed by atoms with Crippen molar-refractivity contribution in [1.29, 1.82) is 0 Å². The molecule has 0 aromatic carbocycles. The van der Waals surface area contributed by atoms with Crippen LogP contribution in [0.5, 0.6) is 0 Å². The first-order valence-electron chi connectivity index (χ1n) is 7.72. The minimum atomic E-state index is 0.873. The molecule has 2 nitrogen and oxygen atoms in total. The number of nitrogens with one attached hydrogen (secondary N) is 1. The normalized spacial score (nSPS) is 17.5. The zero-order valence-electron chi connectivity index (χ0n) is 11.7. The van der Waals surface area contributed by atoms with Gasteiger partial charge in [0.25, 0.3) is 0 Å². The molecular formula is C15H31NO. The summed E-state index contributed by atoms with van der Waals surface area (Å²) in [6.45, 7) is 6.46. The summed E-state index contributed by atoms with van der Waals surface area (Å²) in [5, 5.41) is 3.36. The Hall–Kier alpha value is -0.0800. The Bertz CT molecular complexity index is 155. The van der Waals surface area contributed by atoms with Crippen LogP contribution in [-0.4, -0.2) is 26.3 Å². The van der Waals surface area contributed by atoms with Gasteiger partial charge in [0.1, 0.15) is 0 Å². The third kappa shape index (κ3) is 8.62. The number of hydrogen-bond donors (Lipinski definition) is 1. The van der Waals surface area contributed by atoms with Gasteiger partial charge in [0, 0.05) is 13.2 Å². The maximum absolute atomic E-state index is 5.79. The lowest BCUT2D eigenvalue weighted by molar-refractivity contribution is 0.0824. The highest BCUT2D eigenvalue weighted by atomic mass is 16.5. The quantitative estimate of drug-likeness (QED) is 0.588. The Morgan fingerprint density at radius 1 is 1.00 bits per heavy atom. The Labute approximate surface area is 108 Å². The van der Waals surface area contributed by atoms with E-state index in [1.807, 2.05) is 0 Å². The van der Waals surface area contributed by atoms with E-state index in [9.17, 15) is 0 Å². The van der Waals surface area contributed by atoms with Crippen molar-refractivity contribution < 1.29 is 4.74 Å². The number of hydrogen-bond acceptors (Lipinski definition) is 2. The molecule has 0 spiro atoms. The van der Waals surface area contributed by atoms with Gasteiger partial charge in [0.2, 0.25) is 0 Å². The van der Waals surface area contributed by atoms with Gasteiger partial charge < -0.3 is 10.1 Å². The van der Waals surface area contributed by atoms with Crippen molar-refractivity contribution in [3.05, 3.63) is 0 Å². The fraction of sp³-hybridized carbons (Fsp3) is 1.00. The Balaban J connectivity index is 1.75. The largest absolute Gasteiger partial charge is 0.381 e. The van der Waals surface area contributed by atoms with Crippen LogP contribution in [0.25, 0.3) is 0 Å². The van der Waals surface area contributed by atoms with Crippen LogP contribution in [0.4, 0.5) is 0 Å². The SMILES string of the molecule is CCNCCCCCCOCC1CCCCC1. The van der Waals surface area contributed by atoms with E-state index in [-0.39, 0.29) is 0 Å². The molecule has 0 radical (unpaired) electrons. The molecule has 0 aromatic rings. The van der Waals surface area contributed by atoms with Crippen molar-refractivity contribution in [2.24, 2.45) is 5.92 Å². The van der Waals surface area contributed by atoms with Gasteiger partial charge in [-0.2, -0.15) is 0 Å². The molecule has 17 heavy (non-hydrogen) atoms. The zero-order chi connectivity index (χ0) is 12.2. The Morgan fingerprint density at radius 3 is 2.53 bits per heavy atom. The highest BCUT2D eigenvalue weighted by Gasteiger charge is 2.12. The molecule has 0 amide bonds. The third-order valence-corrected chi connectivity index (χ3v) is 3.72. The molecule has 1 rings (SSSR count). The van der Waals surface area contributed by atoms with Crippen LogP contribution in [0, 0.1) is 5.92 Å². The topological polar surface area (TPSA) is 21.3 Å². The fourth-order valence-electron chi connectivity index (χ4n) is 2.59. The van der Waals surface area contributed by atoms with Gasteiger partial charge in [-0.25, -0.2) is 0 Å². The summed E-state index contributed by atoms with van der Waals surface area (Å²) in [6.07, 6.45) is 12.4. The van der Waals surface area contributed by atoms with Gasteiger partial charge in [-0.3, -0.25) is 0 Å². The van der Waals surface area contributed by atoms with Crippen LogP contribution in [-0.2, 0) is 4.74 Å². The lowest BCUT2D eigenvalue weighted by Crippen LogP contribution is -2.14. The first-order chi connectivity index (χ1) is 8.43. The number of ether oxygens (including phenoxy) is 1. The summed E-state index contributed by atoms with van der Waals surface area (Å²) < 4.78 is 5.79. The van der Waals surface area contributed by atoms with E-state index < -0.39 is 0 Å². The lowest BCUT2D eigenvalue weighted by Gasteiger charge is -2.21. The molecule has 1 N–H and O–H groups in total. The van der Waals surface area contributed by atoms with Crippen molar-refractivity contribution >= 4 is 0 Å². The highest BCUT2D eigenvalue weighted by Crippen LogP contribution is 2.23. The van der Waals surface area contributed by atoms with E-state index in [0.717, 1.165) is 25.7 Å². The molecular weight excluding hydrogens is 210 g/mol. The van der Waals surface area contributed by atoms with E-state index in [1.165, 1.54) is 64.3 Å². The van der Waals surface area contributed by atoms with Crippen molar-refractivity contribution in [2.75, 3.05) is 26.3 Å². The summed E-state index contributed by atoms with van der Waals surface area (Å²) in [5.41, 5.74) is 0. The van der Waals surface area contributed by atoms with Gasteiger partial charge in [-0.1, -0.05) is 39.0 Å². The molecule has 2 heteroatoms. The third-order valence-electron chi connectivity index (χ3n) is 3.72. The van der Waals surface area contributed by atoms with Gasteiger partial charge in [-0.05, 0) is 44.7 Å². The first kappa shape index (κ1) is 15.0. The molecule has 0 heterocycles. The first-order valence-corrected chi connectivity index (χ1v) is 7.72. The molecule has 0 unspecified atom stereocenters.